The minimum absolute atomic E-state index is 0.0541. The second-order valence-corrected chi connectivity index (χ2v) is 6.02. The number of unbranched alkanes of at least 4 members (excludes halogenated alkanes) is 1. The molecular formula is C20H32N4O. The molecule has 0 aliphatic rings. The van der Waals surface area contributed by atoms with Gasteiger partial charge in [-0.25, -0.2) is 4.99 Å². The minimum atomic E-state index is 0.0541. The molecule has 0 spiro atoms. The van der Waals surface area contributed by atoms with Gasteiger partial charge in [0.25, 0.3) is 0 Å². The van der Waals surface area contributed by atoms with Crippen molar-refractivity contribution < 1.29 is 4.79 Å². The number of hydrogen-bond acceptors (Lipinski definition) is 2. The maximum Gasteiger partial charge on any atom is 0.224 e. The third-order valence-electron chi connectivity index (χ3n) is 3.70. The zero-order chi connectivity index (χ0) is 18.5. The van der Waals surface area contributed by atoms with Crippen LogP contribution in [0.3, 0.4) is 0 Å². The number of nitrogens with zero attached hydrogens (tertiary/aromatic N) is 2. The fourth-order valence-corrected chi connectivity index (χ4v) is 2.41. The van der Waals surface area contributed by atoms with Gasteiger partial charge in [-0.15, -0.1) is 6.58 Å². The maximum absolute atomic E-state index is 11.7. The normalized spacial score (nSPS) is 11.1. The Hall–Kier alpha value is -2.30. The van der Waals surface area contributed by atoms with Crippen molar-refractivity contribution >= 4 is 17.6 Å². The quantitative estimate of drug-likeness (QED) is 0.294. The molecule has 0 unspecified atom stereocenters. The lowest BCUT2D eigenvalue weighted by atomic mass is 10.2. The molecule has 1 rings (SSSR count). The van der Waals surface area contributed by atoms with E-state index in [-0.39, 0.29) is 5.91 Å². The van der Waals surface area contributed by atoms with Crippen LogP contribution < -0.4 is 10.6 Å². The second kappa shape index (κ2) is 12.1. The van der Waals surface area contributed by atoms with Crippen molar-refractivity contribution in [1.82, 2.24) is 10.2 Å². The maximum atomic E-state index is 11.7. The van der Waals surface area contributed by atoms with Crippen LogP contribution in [0.1, 0.15) is 45.1 Å². The van der Waals surface area contributed by atoms with Gasteiger partial charge in [0.2, 0.25) is 5.91 Å². The summed E-state index contributed by atoms with van der Waals surface area (Å²) in [5.74, 6) is 0.949. The zero-order valence-corrected chi connectivity index (χ0v) is 15.8. The van der Waals surface area contributed by atoms with Crippen molar-refractivity contribution in [3.05, 3.63) is 42.5 Å². The summed E-state index contributed by atoms with van der Waals surface area (Å²) in [7, 11) is 2.05. The van der Waals surface area contributed by atoms with Crippen molar-refractivity contribution in [2.24, 2.45) is 4.99 Å². The Bertz CT molecular complexity index is 569. The van der Waals surface area contributed by atoms with E-state index in [1.165, 1.54) is 0 Å². The smallest absolute Gasteiger partial charge is 0.224 e. The van der Waals surface area contributed by atoms with E-state index in [1.807, 2.05) is 44.3 Å². The Balaban J connectivity index is 2.71. The molecule has 5 heteroatoms. The highest BCUT2D eigenvalue weighted by atomic mass is 16.1. The van der Waals surface area contributed by atoms with E-state index < -0.39 is 0 Å². The summed E-state index contributed by atoms with van der Waals surface area (Å²) in [6.45, 7) is 10.2. The summed E-state index contributed by atoms with van der Waals surface area (Å²) in [6.07, 6.45) is 5.39. The molecule has 0 aromatic heterocycles. The molecule has 138 valence electrons. The molecule has 0 heterocycles. The van der Waals surface area contributed by atoms with Gasteiger partial charge in [-0.05, 0) is 43.9 Å². The first kappa shape index (κ1) is 20.7. The molecule has 0 saturated carbocycles. The number of carbonyl (C=O) groups is 1. The Morgan fingerprint density at radius 1 is 1.36 bits per heavy atom. The van der Waals surface area contributed by atoms with Crippen molar-refractivity contribution in [1.29, 1.82) is 0 Å². The van der Waals surface area contributed by atoms with Gasteiger partial charge in [-0.3, -0.25) is 4.79 Å². The van der Waals surface area contributed by atoms with E-state index in [2.05, 4.69) is 29.0 Å². The van der Waals surface area contributed by atoms with Crippen LogP contribution in [-0.2, 0) is 11.3 Å². The highest BCUT2D eigenvalue weighted by molar-refractivity contribution is 5.90. The Labute approximate surface area is 152 Å². The average molecular weight is 345 g/mol. The summed E-state index contributed by atoms with van der Waals surface area (Å²) in [5, 5.41) is 6.25. The summed E-state index contributed by atoms with van der Waals surface area (Å²) in [4.78, 5) is 18.6. The highest BCUT2D eigenvalue weighted by Gasteiger charge is 2.05. The largest absolute Gasteiger partial charge is 0.357 e. The lowest BCUT2D eigenvalue weighted by Crippen LogP contribution is -2.39. The lowest BCUT2D eigenvalue weighted by Gasteiger charge is -2.21. The molecule has 2 N–H and O–H groups in total. The number of hydrogen-bond donors (Lipinski definition) is 2. The van der Waals surface area contributed by atoms with Gasteiger partial charge in [0.1, 0.15) is 0 Å². The summed E-state index contributed by atoms with van der Waals surface area (Å²) in [6, 6.07) is 7.87. The molecular weight excluding hydrogens is 312 g/mol. The van der Waals surface area contributed by atoms with Gasteiger partial charge >= 0.3 is 0 Å². The monoisotopic (exact) mass is 344 g/mol. The summed E-state index contributed by atoms with van der Waals surface area (Å²) < 4.78 is 0. The van der Waals surface area contributed by atoms with E-state index in [9.17, 15) is 4.79 Å². The highest BCUT2D eigenvalue weighted by Crippen LogP contribution is 2.12. The topological polar surface area (TPSA) is 56.7 Å². The summed E-state index contributed by atoms with van der Waals surface area (Å²) >= 11 is 0. The third kappa shape index (κ3) is 8.38. The van der Waals surface area contributed by atoms with Crippen molar-refractivity contribution in [2.45, 2.75) is 46.1 Å². The van der Waals surface area contributed by atoms with Crippen LogP contribution in [0.4, 0.5) is 5.69 Å². The molecule has 0 bridgehead atoms. The van der Waals surface area contributed by atoms with Crippen LogP contribution in [0.5, 0.6) is 0 Å². The number of amides is 1. The molecule has 25 heavy (non-hydrogen) atoms. The molecule has 1 aromatic rings. The van der Waals surface area contributed by atoms with Crippen LogP contribution in [0.25, 0.3) is 0 Å². The SMILES string of the molecule is C=CCCCN(C)C(=NCc1cccc(NC(=O)CCC)c1)NCC. The molecule has 0 aliphatic heterocycles. The van der Waals surface area contributed by atoms with Gasteiger partial charge in [0, 0.05) is 32.2 Å². The van der Waals surface area contributed by atoms with Gasteiger partial charge in [-0.1, -0.05) is 25.1 Å². The second-order valence-electron chi connectivity index (χ2n) is 6.02. The van der Waals surface area contributed by atoms with E-state index in [4.69, 9.17) is 4.99 Å². The first-order valence-electron chi connectivity index (χ1n) is 9.09. The zero-order valence-electron chi connectivity index (χ0n) is 15.8. The molecule has 0 atom stereocenters. The van der Waals surface area contributed by atoms with Gasteiger partial charge in [-0.2, -0.15) is 0 Å². The average Bonchev–Trinajstić information content (AvgIpc) is 2.59. The first-order valence-corrected chi connectivity index (χ1v) is 9.09. The van der Waals surface area contributed by atoms with Crippen LogP contribution in [-0.4, -0.2) is 36.9 Å². The van der Waals surface area contributed by atoms with E-state index >= 15 is 0 Å². The number of benzene rings is 1. The Morgan fingerprint density at radius 3 is 2.84 bits per heavy atom. The number of guanidine groups is 1. The minimum Gasteiger partial charge on any atom is -0.357 e. The van der Waals surface area contributed by atoms with E-state index in [1.54, 1.807) is 0 Å². The van der Waals surface area contributed by atoms with Crippen molar-refractivity contribution in [3.63, 3.8) is 0 Å². The fourth-order valence-electron chi connectivity index (χ4n) is 2.41. The number of anilines is 1. The standard InChI is InChI=1S/C20H32N4O/c1-5-8-9-14-24(4)20(21-7-3)22-16-17-12-10-13-18(15-17)23-19(25)11-6-2/h5,10,12-13,15H,1,6-9,11,14,16H2,2-4H3,(H,21,22)(H,23,25). The fraction of sp³-hybridized carbons (Fsp3) is 0.500. The van der Waals surface area contributed by atoms with Crippen LogP contribution >= 0.6 is 0 Å². The first-order chi connectivity index (χ1) is 12.1. The molecule has 0 fully saturated rings. The van der Waals surface area contributed by atoms with Crippen LogP contribution in [0.15, 0.2) is 41.9 Å². The molecule has 1 amide bonds. The number of carbonyl (C=O) groups excluding carboxylic acids is 1. The lowest BCUT2D eigenvalue weighted by molar-refractivity contribution is -0.116. The summed E-state index contributed by atoms with van der Waals surface area (Å²) in [5.41, 5.74) is 1.90. The number of allylic oxidation sites excluding steroid dienone is 1. The predicted octanol–water partition coefficient (Wildman–Crippen LogP) is 3.79. The van der Waals surface area contributed by atoms with Crippen molar-refractivity contribution in [3.8, 4) is 0 Å². The van der Waals surface area contributed by atoms with E-state index in [0.29, 0.717) is 13.0 Å². The molecule has 0 saturated heterocycles. The number of nitrogens with one attached hydrogen (secondary N) is 2. The van der Waals surface area contributed by atoms with Crippen LogP contribution in [0, 0.1) is 0 Å². The number of rotatable bonds is 10. The Kier molecular flexibility index (Phi) is 10.1. The Morgan fingerprint density at radius 2 is 2.16 bits per heavy atom. The van der Waals surface area contributed by atoms with Gasteiger partial charge in [0.05, 0.1) is 6.54 Å². The molecule has 0 aliphatic carbocycles. The number of aliphatic imine (C=N–C) groups is 1. The van der Waals surface area contributed by atoms with E-state index in [0.717, 1.165) is 49.6 Å². The third-order valence-corrected chi connectivity index (χ3v) is 3.70. The predicted molar refractivity (Wildman–Crippen MR) is 107 cm³/mol. The van der Waals surface area contributed by atoms with Gasteiger partial charge in [0.15, 0.2) is 5.96 Å². The molecule has 1 aromatic carbocycles. The van der Waals surface area contributed by atoms with Crippen LogP contribution in [0.2, 0.25) is 0 Å². The molecule has 0 radical (unpaired) electrons. The van der Waals surface area contributed by atoms with Crippen molar-refractivity contribution in [2.75, 3.05) is 25.5 Å². The molecule has 5 nitrogen and oxygen atoms in total. The van der Waals surface area contributed by atoms with Gasteiger partial charge < -0.3 is 15.5 Å².